The highest BCUT2D eigenvalue weighted by molar-refractivity contribution is 5.42. The Labute approximate surface area is 113 Å². The second kappa shape index (κ2) is 6.25. The van der Waals surface area contributed by atoms with Gasteiger partial charge in [0.15, 0.2) is 11.5 Å². The maximum atomic E-state index is 9.71. The molecule has 0 bridgehead atoms. The molecule has 0 aliphatic heterocycles. The Morgan fingerprint density at radius 1 is 0.947 bits per heavy atom. The molecule has 2 rings (SSSR count). The van der Waals surface area contributed by atoms with E-state index in [0.29, 0.717) is 5.75 Å². The van der Waals surface area contributed by atoms with Crippen LogP contribution in [0, 0.1) is 0 Å². The standard InChI is InChI=1S/C16H18O3/c1-19-16-8-7-13(10-15(16)18)6-5-12-3-2-4-14(9-12)11-17/h2-4,7-10,17-18H,5-6,11H2,1H3. The van der Waals surface area contributed by atoms with E-state index in [4.69, 9.17) is 9.84 Å². The van der Waals surface area contributed by atoms with E-state index in [9.17, 15) is 5.11 Å². The third kappa shape index (κ3) is 3.48. The van der Waals surface area contributed by atoms with Crippen LogP contribution in [-0.2, 0) is 19.4 Å². The second-order valence-electron chi connectivity index (χ2n) is 4.48. The van der Waals surface area contributed by atoms with Crippen molar-refractivity contribution in [3.05, 3.63) is 59.2 Å². The van der Waals surface area contributed by atoms with E-state index in [1.54, 1.807) is 12.1 Å². The number of rotatable bonds is 5. The van der Waals surface area contributed by atoms with E-state index in [2.05, 4.69) is 0 Å². The topological polar surface area (TPSA) is 49.7 Å². The van der Waals surface area contributed by atoms with Crippen LogP contribution in [0.1, 0.15) is 16.7 Å². The van der Waals surface area contributed by atoms with E-state index < -0.39 is 0 Å². The summed E-state index contributed by atoms with van der Waals surface area (Å²) < 4.78 is 5.02. The van der Waals surface area contributed by atoms with Crippen LogP contribution in [0.5, 0.6) is 11.5 Å². The summed E-state index contributed by atoms with van der Waals surface area (Å²) in [6, 6.07) is 13.4. The van der Waals surface area contributed by atoms with Gasteiger partial charge in [-0.15, -0.1) is 0 Å². The molecule has 3 nitrogen and oxygen atoms in total. The summed E-state index contributed by atoms with van der Waals surface area (Å²) in [5, 5.41) is 18.8. The zero-order valence-electron chi connectivity index (χ0n) is 11.0. The minimum Gasteiger partial charge on any atom is -0.504 e. The highest BCUT2D eigenvalue weighted by Gasteiger charge is 2.03. The van der Waals surface area contributed by atoms with Crippen LogP contribution in [-0.4, -0.2) is 17.3 Å². The molecule has 0 amide bonds. The van der Waals surface area contributed by atoms with E-state index >= 15 is 0 Å². The van der Waals surface area contributed by atoms with Gasteiger partial charge in [0.1, 0.15) is 0 Å². The smallest absolute Gasteiger partial charge is 0.160 e. The second-order valence-corrected chi connectivity index (χ2v) is 4.48. The van der Waals surface area contributed by atoms with Crippen LogP contribution in [0.15, 0.2) is 42.5 Å². The van der Waals surface area contributed by atoms with Gasteiger partial charge in [0.05, 0.1) is 13.7 Å². The number of methoxy groups -OCH3 is 1. The van der Waals surface area contributed by atoms with Crippen LogP contribution in [0.3, 0.4) is 0 Å². The molecule has 0 saturated heterocycles. The maximum Gasteiger partial charge on any atom is 0.160 e. The first kappa shape index (κ1) is 13.4. The number of aliphatic hydroxyl groups is 1. The van der Waals surface area contributed by atoms with Crippen LogP contribution in [0.4, 0.5) is 0 Å². The van der Waals surface area contributed by atoms with Crippen molar-refractivity contribution in [1.82, 2.24) is 0 Å². The molecule has 0 heterocycles. The van der Waals surface area contributed by atoms with Crippen LogP contribution < -0.4 is 4.74 Å². The number of hydrogen-bond donors (Lipinski definition) is 2. The van der Waals surface area contributed by atoms with Crippen molar-refractivity contribution in [3.63, 3.8) is 0 Å². The molecule has 0 aliphatic carbocycles. The molecule has 3 heteroatoms. The summed E-state index contributed by atoms with van der Waals surface area (Å²) in [4.78, 5) is 0. The van der Waals surface area contributed by atoms with Gasteiger partial charge in [0, 0.05) is 0 Å². The Kier molecular flexibility index (Phi) is 4.42. The van der Waals surface area contributed by atoms with Gasteiger partial charge in [-0.2, -0.15) is 0 Å². The van der Waals surface area contributed by atoms with E-state index in [1.165, 1.54) is 12.7 Å². The van der Waals surface area contributed by atoms with Gasteiger partial charge < -0.3 is 14.9 Å². The summed E-state index contributed by atoms with van der Waals surface area (Å²) in [5.74, 6) is 0.662. The molecule has 0 fully saturated rings. The molecule has 2 N–H and O–H groups in total. The molecule has 100 valence electrons. The van der Waals surface area contributed by atoms with Crippen LogP contribution >= 0.6 is 0 Å². The molecular formula is C16H18O3. The fraction of sp³-hybridized carbons (Fsp3) is 0.250. The van der Waals surface area contributed by atoms with Gasteiger partial charge in [0.25, 0.3) is 0 Å². The minimum absolute atomic E-state index is 0.0666. The minimum atomic E-state index is 0.0666. The number of phenolic OH excluding ortho intramolecular Hbond substituents is 1. The molecule has 2 aromatic carbocycles. The third-order valence-electron chi connectivity index (χ3n) is 3.12. The van der Waals surface area contributed by atoms with Crippen LogP contribution in [0.25, 0.3) is 0 Å². The molecular weight excluding hydrogens is 240 g/mol. The quantitative estimate of drug-likeness (QED) is 0.867. The molecule has 0 radical (unpaired) electrons. The fourth-order valence-electron chi connectivity index (χ4n) is 2.06. The average molecular weight is 258 g/mol. The Morgan fingerprint density at radius 3 is 2.26 bits per heavy atom. The first-order valence-corrected chi connectivity index (χ1v) is 6.27. The Morgan fingerprint density at radius 2 is 1.63 bits per heavy atom. The third-order valence-corrected chi connectivity index (χ3v) is 3.12. The first-order chi connectivity index (χ1) is 9.22. The fourth-order valence-corrected chi connectivity index (χ4v) is 2.06. The lowest BCUT2D eigenvalue weighted by Crippen LogP contribution is -1.94. The predicted octanol–water partition coefficient (Wildman–Crippen LogP) is 2.68. The number of aliphatic hydroxyl groups excluding tert-OH is 1. The summed E-state index contributed by atoms with van der Waals surface area (Å²) in [5.41, 5.74) is 3.17. The van der Waals surface area contributed by atoms with Crippen molar-refractivity contribution in [2.24, 2.45) is 0 Å². The van der Waals surface area contributed by atoms with E-state index in [-0.39, 0.29) is 12.4 Å². The molecule has 0 atom stereocenters. The number of aromatic hydroxyl groups is 1. The number of benzene rings is 2. The molecule has 0 spiro atoms. The SMILES string of the molecule is COc1ccc(CCc2cccc(CO)c2)cc1O. The summed E-state index contributed by atoms with van der Waals surface area (Å²) in [6.45, 7) is 0.0666. The molecule has 0 aliphatic rings. The van der Waals surface area contributed by atoms with Crippen molar-refractivity contribution in [3.8, 4) is 11.5 Å². The Balaban J connectivity index is 2.03. The van der Waals surface area contributed by atoms with E-state index in [0.717, 1.165) is 24.0 Å². The highest BCUT2D eigenvalue weighted by atomic mass is 16.5. The summed E-state index contributed by atoms with van der Waals surface area (Å²) >= 11 is 0. The lowest BCUT2D eigenvalue weighted by Gasteiger charge is -2.07. The van der Waals surface area contributed by atoms with E-state index in [1.807, 2.05) is 30.3 Å². The lowest BCUT2D eigenvalue weighted by molar-refractivity contribution is 0.281. The monoisotopic (exact) mass is 258 g/mol. The van der Waals surface area contributed by atoms with Gasteiger partial charge in [-0.3, -0.25) is 0 Å². The number of aryl methyl sites for hydroxylation is 2. The number of hydrogen-bond acceptors (Lipinski definition) is 3. The predicted molar refractivity (Wildman–Crippen MR) is 74.4 cm³/mol. The van der Waals surface area contributed by atoms with Crippen molar-refractivity contribution < 1.29 is 14.9 Å². The Hall–Kier alpha value is -2.00. The van der Waals surface area contributed by atoms with Crippen LogP contribution in [0.2, 0.25) is 0 Å². The lowest BCUT2D eigenvalue weighted by atomic mass is 10.0. The Bertz CT molecular complexity index is 549. The normalized spacial score (nSPS) is 10.4. The van der Waals surface area contributed by atoms with Gasteiger partial charge in [-0.1, -0.05) is 30.3 Å². The van der Waals surface area contributed by atoms with Gasteiger partial charge in [-0.05, 0) is 41.7 Å². The number of ether oxygens (including phenoxy) is 1. The molecule has 19 heavy (non-hydrogen) atoms. The average Bonchev–Trinajstić information content (AvgIpc) is 2.45. The van der Waals surface area contributed by atoms with Gasteiger partial charge in [0.2, 0.25) is 0 Å². The molecule has 0 unspecified atom stereocenters. The largest absolute Gasteiger partial charge is 0.504 e. The zero-order valence-corrected chi connectivity index (χ0v) is 11.0. The highest BCUT2D eigenvalue weighted by Crippen LogP contribution is 2.26. The summed E-state index contributed by atoms with van der Waals surface area (Å²) in [6.07, 6.45) is 1.71. The number of phenols is 1. The molecule has 0 saturated carbocycles. The summed E-state index contributed by atoms with van der Waals surface area (Å²) in [7, 11) is 1.54. The first-order valence-electron chi connectivity index (χ1n) is 6.27. The van der Waals surface area contributed by atoms with Gasteiger partial charge in [-0.25, -0.2) is 0 Å². The maximum absolute atomic E-state index is 9.71. The molecule has 0 aromatic heterocycles. The van der Waals surface area contributed by atoms with Crippen molar-refractivity contribution in [2.75, 3.05) is 7.11 Å². The molecule has 2 aromatic rings. The zero-order chi connectivity index (χ0) is 13.7. The van der Waals surface area contributed by atoms with Crippen molar-refractivity contribution >= 4 is 0 Å². The van der Waals surface area contributed by atoms with Crippen molar-refractivity contribution in [2.45, 2.75) is 19.4 Å². The van der Waals surface area contributed by atoms with Crippen molar-refractivity contribution in [1.29, 1.82) is 0 Å². The van der Waals surface area contributed by atoms with Gasteiger partial charge >= 0.3 is 0 Å².